The number of nitrogens with one attached hydrogen (secondary N) is 1. The summed E-state index contributed by atoms with van der Waals surface area (Å²) < 4.78 is 44.8. The van der Waals surface area contributed by atoms with E-state index in [1.165, 1.54) is 12.1 Å². The second kappa shape index (κ2) is 8.59. The molecule has 0 spiro atoms. The fraction of sp³-hybridized carbons (Fsp3) is 0.292. The molecule has 0 bridgehead atoms. The first-order chi connectivity index (χ1) is 14.9. The molecular weight excluding hydrogens is 403 g/mol. The largest absolute Gasteiger partial charge is 0.476 e. The number of halogens is 3. The molecule has 31 heavy (non-hydrogen) atoms. The van der Waals surface area contributed by atoms with Gasteiger partial charge in [0.2, 0.25) is 5.88 Å². The van der Waals surface area contributed by atoms with Crippen molar-refractivity contribution in [2.45, 2.75) is 20.0 Å². The van der Waals surface area contributed by atoms with Gasteiger partial charge in [0.05, 0.1) is 22.0 Å². The quantitative estimate of drug-likeness (QED) is 0.386. The number of rotatable bonds is 7. The van der Waals surface area contributed by atoms with Gasteiger partial charge in [-0.15, -0.1) is 0 Å². The standard InChI is InChI=1S/C24H24F3N3O/c1-3-30(4-2)13-14-31-23-19-15-21(16-9-11-17(12-10-16)24(25,26)27)28-22(19)18-7-5-6-8-20(18)29-23/h5-12,15,28H,3-4,13-14H2,1-2H3. The van der Waals surface area contributed by atoms with E-state index in [9.17, 15) is 13.2 Å². The van der Waals surface area contributed by atoms with Gasteiger partial charge in [-0.3, -0.25) is 0 Å². The summed E-state index contributed by atoms with van der Waals surface area (Å²) in [5.74, 6) is 0.523. The van der Waals surface area contributed by atoms with Gasteiger partial charge in [-0.2, -0.15) is 13.2 Å². The third-order valence-electron chi connectivity index (χ3n) is 5.51. The van der Waals surface area contributed by atoms with Crippen molar-refractivity contribution in [3.8, 4) is 17.1 Å². The lowest BCUT2D eigenvalue weighted by molar-refractivity contribution is -0.137. The van der Waals surface area contributed by atoms with Crippen LogP contribution in [0.1, 0.15) is 19.4 Å². The van der Waals surface area contributed by atoms with E-state index in [-0.39, 0.29) is 0 Å². The molecule has 0 fully saturated rings. The molecule has 162 valence electrons. The highest BCUT2D eigenvalue weighted by molar-refractivity contribution is 6.07. The molecule has 2 heterocycles. The summed E-state index contributed by atoms with van der Waals surface area (Å²) in [6.45, 7) is 7.41. The van der Waals surface area contributed by atoms with E-state index in [0.29, 0.717) is 18.1 Å². The number of ether oxygens (including phenoxy) is 1. The maximum Gasteiger partial charge on any atom is 0.416 e. The summed E-state index contributed by atoms with van der Waals surface area (Å²) in [7, 11) is 0. The van der Waals surface area contributed by atoms with E-state index in [0.717, 1.165) is 59.3 Å². The Morgan fingerprint density at radius 2 is 1.68 bits per heavy atom. The van der Waals surface area contributed by atoms with Crippen LogP contribution < -0.4 is 4.74 Å². The topological polar surface area (TPSA) is 41.1 Å². The van der Waals surface area contributed by atoms with Crippen molar-refractivity contribution in [1.82, 2.24) is 14.9 Å². The Morgan fingerprint density at radius 1 is 0.968 bits per heavy atom. The first kappa shape index (κ1) is 21.2. The zero-order valence-electron chi connectivity index (χ0n) is 17.5. The highest BCUT2D eigenvalue weighted by Crippen LogP contribution is 2.35. The molecule has 1 N–H and O–H groups in total. The van der Waals surface area contributed by atoms with E-state index < -0.39 is 11.7 Å². The number of hydrogen-bond acceptors (Lipinski definition) is 3. The Morgan fingerprint density at radius 3 is 2.35 bits per heavy atom. The SMILES string of the molecule is CCN(CC)CCOc1nc2ccccc2c2[nH]c(-c3ccc(C(F)(F)F)cc3)cc12. The Balaban J connectivity index is 1.73. The summed E-state index contributed by atoms with van der Waals surface area (Å²) in [5, 5.41) is 1.75. The molecule has 0 unspecified atom stereocenters. The summed E-state index contributed by atoms with van der Waals surface area (Å²) in [6.07, 6.45) is -4.36. The summed E-state index contributed by atoms with van der Waals surface area (Å²) in [6, 6.07) is 14.8. The van der Waals surface area contributed by atoms with E-state index in [2.05, 4.69) is 23.7 Å². The van der Waals surface area contributed by atoms with Crippen LogP contribution in [0.3, 0.4) is 0 Å². The molecule has 4 nitrogen and oxygen atoms in total. The van der Waals surface area contributed by atoms with Crippen LogP contribution in [0.25, 0.3) is 33.1 Å². The number of fused-ring (bicyclic) bond motifs is 3. The molecule has 0 aliphatic rings. The van der Waals surface area contributed by atoms with Crippen LogP contribution >= 0.6 is 0 Å². The number of pyridine rings is 1. The van der Waals surface area contributed by atoms with Gasteiger partial charge in [-0.1, -0.05) is 44.2 Å². The summed E-state index contributed by atoms with van der Waals surface area (Å²) in [4.78, 5) is 10.3. The van der Waals surface area contributed by atoms with Gasteiger partial charge >= 0.3 is 6.18 Å². The number of aromatic nitrogens is 2. The zero-order valence-corrected chi connectivity index (χ0v) is 17.5. The maximum absolute atomic E-state index is 12.9. The van der Waals surface area contributed by atoms with Crippen molar-refractivity contribution in [2.75, 3.05) is 26.2 Å². The summed E-state index contributed by atoms with van der Waals surface area (Å²) >= 11 is 0. The lowest BCUT2D eigenvalue weighted by atomic mass is 10.1. The first-order valence-electron chi connectivity index (χ1n) is 10.3. The van der Waals surface area contributed by atoms with Gasteiger partial charge in [0.25, 0.3) is 0 Å². The molecule has 0 radical (unpaired) electrons. The third-order valence-corrected chi connectivity index (χ3v) is 5.51. The Labute approximate surface area is 178 Å². The number of aromatic amines is 1. The maximum atomic E-state index is 12.9. The highest BCUT2D eigenvalue weighted by Gasteiger charge is 2.30. The zero-order chi connectivity index (χ0) is 22.0. The average molecular weight is 427 g/mol. The van der Waals surface area contributed by atoms with Crippen molar-refractivity contribution >= 4 is 21.8 Å². The second-order valence-corrected chi connectivity index (χ2v) is 7.36. The molecule has 0 aliphatic heterocycles. The smallest absolute Gasteiger partial charge is 0.416 e. The van der Waals surface area contributed by atoms with Crippen molar-refractivity contribution < 1.29 is 17.9 Å². The lowest BCUT2D eigenvalue weighted by Crippen LogP contribution is -2.28. The predicted octanol–water partition coefficient (Wildman–Crippen LogP) is 6.12. The molecule has 4 aromatic rings. The normalized spacial score (nSPS) is 12.2. The van der Waals surface area contributed by atoms with Gasteiger partial charge < -0.3 is 14.6 Å². The van der Waals surface area contributed by atoms with E-state index in [1.807, 2.05) is 30.3 Å². The fourth-order valence-electron chi connectivity index (χ4n) is 3.70. The van der Waals surface area contributed by atoms with Gasteiger partial charge in [0.15, 0.2) is 0 Å². The lowest BCUT2D eigenvalue weighted by Gasteiger charge is -2.18. The number of alkyl halides is 3. The molecule has 0 aliphatic carbocycles. The van der Waals surface area contributed by atoms with Gasteiger partial charge in [-0.05, 0) is 42.9 Å². The van der Waals surface area contributed by atoms with Crippen molar-refractivity contribution in [3.63, 3.8) is 0 Å². The van der Waals surface area contributed by atoms with Gasteiger partial charge in [0, 0.05) is 17.6 Å². The number of H-pyrrole nitrogens is 1. The predicted molar refractivity (Wildman–Crippen MR) is 117 cm³/mol. The monoisotopic (exact) mass is 427 g/mol. The molecule has 0 amide bonds. The molecule has 0 saturated heterocycles. The molecule has 2 aromatic carbocycles. The van der Waals surface area contributed by atoms with Gasteiger partial charge in [0.1, 0.15) is 6.61 Å². The minimum Gasteiger partial charge on any atom is -0.476 e. The third kappa shape index (κ3) is 4.37. The van der Waals surface area contributed by atoms with Crippen molar-refractivity contribution in [1.29, 1.82) is 0 Å². The van der Waals surface area contributed by atoms with Crippen LogP contribution in [0, 0.1) is 0 Å². The summed E-state index contributed by atoms with van der Waals surface area (Å²) in [5.41, 5.74) is 2.38. The van der Waals surface area contributed by atoms with Crippen LogP contribution in [-0.4, -0.2) is 41.1 Å². The van der Waals surface area contributed by atoms with Crippen LogP contribution in [0.2, 0.25) is 0 Å². The fourth-order valence-corrected chi connectivity index (χ4v) is 3.70. The molecule has 7 heteroatoms. The van der Waals surface area contributed by atoms with Crippen LogP contribution in [0.15, 0.2) is 54.6 Å². The molecule has 2 aromatic heterocycles. The number of para-hydroxylation sites is 1. The van der Waals surface area contributed by atoms with E-state index in [4.69, 9.17) is 9.72 Å². The Bertz CT molecular complexity index is 1180. The van der Waals surface area contributed by atoms with Crippen molar-refractivity contribution in [3.05, 3.63) is 60.2 Å². The van der Waals surface area contributed by atoms with Crippen LogP contribution in [-0.2, 0) is 6.18 Å². The molecule has 0 saturated carbocycles. The van der Waals surface area contributed by atoms with Crippen LogP contribution in [0.5, 0.6) is 5.88 Å². The molecular formula is C24H24F3N3O. The Hall–Kier alpha value is -3.06. The number of hydrogen-bond donors (Lipinski definition) is 1. The Kier molecular flexibility index (Phi) is 5.87. The first-order valence-corrected chi connectivity index (χ1v) is 10.3. The number of likely N-dealkylation sites (N-methyl/N-ethyl adjacent to an activating group) is 1. The van der Waals surface area contributed by atoms with Crippen molar-refractivity contribution in [2.24, 2.45) is 0 Å². The number of nitrogens with zero attached hydrogens (tertiary/aromatic N) is 2. The minimum atomic E-state index is -4.36. The number of benzene rings is 2. The average Bonchev–Trinajstić information content (AvgIpc) is 3.22. The van der Waals surface area contributed by atoms with Crippen LogP contribution in [0.4, 0.5) is 13.2 Å². The highest BCUT2D eigenvalue weighted by atomic mass is 19.4. The van der Waals surface area contributed by atoms with E-state index in [1.54, 1.807) is 0 Å². The minimum absolute atomic E-state index is 0.503. The van der Waals surface area contributed by atoms with Gasteiger partial charge in [-0.25, -0.2) is 4.98 Å². The molecule has 4 rings (SSSR count). The van der Waals surface area contributed by atoms with E-state index >= 15 is 0 Å². The molecule has 0 atom stereocenters. The second-order valence-electron chi connectivity index (χ2n) is 7.36.